The molecular weight excluding hydrogens is 461 g/mol. The minimum Gasteiger partial charge on any atom is -0.481 e. The van der Waals surface area contributed by atoms with Crippen molar-refractivity contribution in [3.63, 3.8) is 0 Å². The third kappa shape index (κ3) is 4.39. The molecule has 10 nitrogen and oxygen atoms in total. The molecule has 0 spiro atoms. The van der Waals surface area contributed by atoms with Gasteiger partial charge in [0, 0.05) is 23.1 Å². The lowest BCUT2D eigenvalue weighted by atomic mass is 9.62. The monoisotopic (exact) mass is 493 g/mol. The standard InChI is InChI=1S/C24H32FN3O7/c1-6-23(7-2)17(27-20(33)26-13-10-8-9-12(25)11-13)14-15(18(29)30)16(14)24(23,19(31)32)28-21(34)35-22(3,4)5/h8-11,14-17H,6-7H2,1-5H3,(H,28,34)(H,29,30)(H,31,32)(H2,26,27,33). The van der Waals surface area contributed by atoms with E-state index in [1.807, 2.05) is 0 Å². The lowest BCUT2D eigenvalue weighted by Crippen LogP contribution is -2.69. The predicted molar refractivity (Wildman–Crippen MR) is 123 cm³/mol. The van der Waals surface area contributed by atoms with Gasteiger partial charge in [-0.3, -0.25) is 4.79 Å². The van der Waals surface area contributed by atoms with Crippen LogP contribution in [0, 0.1) is 29.0 Å². The molecule has 192 valence electrons. The van der Waals surface area contributed by atoms with E-state index in [9.17, 15) is 33.8 Å². The Labute approximate surface area is 202 Å². The van der Waals surface area contributed by atoms with E-state index in [1.165, 1.54) is 18.2 Å². The molecule has 2 aliphatic rings. The SMILES string of the molecule is CCC1(CC)C(NC(=O)Nc2cccc(F)c2)C2C(C(=O)O)C2C1(NC(=O)OC(C)(C)C)C(=O)O. The molecule has 0 bridgehead atoms. The van der Waals surface area contributed by atoms with E-state index < -0.39 is 70.2 Å². The quantitative estimate of drug-likeness (QED) is 0.390. The van der Waals surface area contributed by atoms with E-state index in [0.29, 0.717) is 0 Å². The number of amides is 3. The second-order valence-electron chi connectivity index (χ2n) is 10.2. The number of nitrogens with one attached hydrogen (secondary N) is 3. The number of urea groups is 1. The molecule has 0 aliphatic heterocycles. The van der Waals surface area contributed by atoms with E-state index in [0.717, 1.165) is 6.07 Å². The number of fused-ring (bicyclic) bond motifs is 1. The zero-order valence-electron chi connectivity index (χ0n) is 20.3. The Hall–Kier alpha value is -3.37. The summed E-state index contributed by atoms with van der Waals surface area (Å²) in [7, 11) is 0. The Morgan fingerprint density at radius 2 is 1.74 bits per heavy atom. The largest absolute Gasteiger partial charge is 0.481 e. The van der Waals surface area contributed by atoms with Crippen molar-refractivity contribution in [1.82, 2.24) is 10.6 Å². The maximum absolute atomic E-state index is 13.5. The van der Waals surface area contributed by atoms with E-state index in [2.05, 4.69) is 16.0 Å². The number of alkyl carbamates (subject to hydrolysis) is 1. The van der Waals surface area contributed by atoms with Gasteiger partial charge in [-0.25, -0.2) is 18.8 Å². The van der Waals surface area contributed by atoms with Crippen LogP contribution in [0.2, 0.25) is 0 Å². The number of ether oxygens (including phenoxy) is 1. The van der Waals surface area contributed by atoms with E-state index in [4.69, 9.17) is 4.74 Å². The summed E-state index contributed by atoms with van der Waals surface area (Å²) < 4.78 is 18.9. The topological polar surface area (TPSA) is 154 Å². The molecule has 3 amide bonds. The van der Waals surface area contributed by atoms with Gasteiger partial charge in [-0.1, -0.05) is 19.9 Å². The molecule has 2 aliphatic carbocycles. The minimum atomic E-state index is -2.00. The van der Waals surface area contributed by atoms with Crippen molar-refractivity contribution in [3.8, 4) is 0 Å². The second kappa shape index (κ2) is 9.01. The van der Waals surface area contributed by atoms with Crippen LogP contribution >= 0.6 is 0 Å². The van der Waals surface area contributed by atoms with Crippen LogP contribution in [0.25, 0.3) is 0 Å². The van der Waals surface area contributed by atoms with Crippen molar-refractivity contribution in [3.05, 3.63) is 30.1 Å². The summed E-state index contributed by atoms with van der Waals surface area (Å²) in [4.78, 5) is 50.6. The second-order valence-corrected chi connectivity index (χ2v) is 10.2. The number of halogens is 1. The first-order valence-corrected chi connectivity index (χ1v) is 11.5. The summed E-state index contributed by atoms with van der Waals surface area (Å²) in [6.07, 6.45) is -0.545. The van der Waals surface area contributed by atoms with Crippen LogP contribution in [0.4, 0.5) is 19.7 Å². The van der Waals surface area contributed by atoms with Gasteiger partial charge < -0.3 is 30.9 Å². The first kappa shape index (κ1) is 26.2. The zero-order chi connectivity index (χ0) is 26.3. The van der Waals surface area contributed by atoms with Crippen LogP contribution in [0.1, 0.15) is 47.5 Å². The summed E-state index contributed by atoms with van der Waals surface area (Å²) in [6, 6.07) is 3.60. The number of benzene rings is 1. The molecule has 0 aromatic heterocycles. The van der Waals surface area contributed by atoms with Gasteiger partial charge in [0.2, 0.25) is 0 Å². The van der Waals surface area contributed by atoms with Crippen LogP contribution in [-0.4, -0.2) is 51.5 Å². The molecule has 0 heterocycles. The van der Waals surface area contributed by atoms with Crippen LogP contribution in [0.15, 0.2) is 24.3 Å². The molecule has 5 unspecified atom stereocenters. The number of carboxylic acid groups (broad SMARTS) is 2. The summed E-state index contributed by atoms with van der Waals surface area (Å²) >= 11 is 0. The lowest BCUT2D eigenvalue weighted by molar-refractivity contribution is -0.155. The van der Waals surface area contributed by atoms with Crippen LogP contribution < -0.4 is 16.0 Å². The fourth-order valence-electron chi connectivity index (χ4n) is 6.01. The molecule has 1 aromatic carbocycles. The fourth-order valence-corrected chi connectivity index (χ4v) is 6.01. The maximum Gasteiger partial charge on any atom is 0.408 e. The minimum absolute atomic E-state index is 0.178. The first-order valence-electron chi connectivity index (χ1n) is 11.5. The molecule has 3 rings (SSSR count). The Balaban J connectivity index is 2.02. The normalized spacial score (nSPS) is 28.4. The van der Waals surface area contributed by atoms with Gasteiger partial charge >= 0.3 is 24.1 Å². The van der Waals surface area contributed by atoms with Crippen molar-refractivity contribution < 1.29 is 38.5 Å². The van der Waals surface area contributed by atoms with Gasteiger partial charge in [-0.05, 0) is 57.7 Å². The number of hydrogen-bond donors (Lipinski definition) is 5. The smallest absolute Gasteiger partial charge is 0.408 e. The van der Waals surface area contributed by atoms with Gasteiger partial charge in [0.25, 0.3) is 0 Å². The van der Waals surface area contributed by atoms with Crippen molar-refractivity contribution in [2.75, 3.05) is 5.32 Å². The Kier molecular flexibility index (Phi) is 6.75. The third-order valence-electron chi connectivity index (χ3n) is 7.29. The molecule has 2 saturated carbocycles. The average Bonchev–Trinajstić information content (AvgIpc) is 3.42. The number of carbonyl (C=O) groups is 4. The number of hydrogen-bond acceptors (Lipinski definition) is 5. The number of rotatable bonds is 7. The van der Waals surface area contributed by atoms with Crippen LogP contribution in [-0.2, 0) is 14.3 Å². The zero-order valence-corrected chi connectivity index (χ0v) is 20.3. The summed E-state index contributed by atoms with van der Waals surface area (Å²) in [5, 5.41) is 28.1. The van der Waals surface area contributed by atoms with Gasteiger partial charge in [-0.15, -0.1) is 0 Å². The Bertz CT molecular complexity index is 1040. The Morgan fingerprint density at radius 3 is 2.23 bits per heavy atom. The van der Waals surface area contributed by atoms with E-state index in [1.54, 1.807) is 34.6 Å². The Morgan fingerprint density at radius 1 is 1.11 bits per heavy atom. The molecule has 0 radical (unpaired) electrons. The molecule has 5 N–H and O–H groups in total. The highest BCUT2D eigenvalue weighted by atomic mass is 19.1. The number of carboxylic acids is 2. The van der Waals surface area contributed by atoms with Gasteiger partial charge in [0.05, 0.1) is 5.92 Å². The molecule has 0 saturated heterocycles. The van der Waals surface area contributed by atoms with Gasteiger partial charge in [0.1, 0.15) is 11.4 Å². The van der Waals surface area contributed by atoms with Gasteiger partial charge in [0.15, 0.2) is 5.54 Å². The highest BCUT2D eigenvalue weighted by molar-refractivity contribution is 5.93. The fraction of sp³-hybridized carbons (Fsp3) is 0.583. The third-order valence-corrected chi connectivity index (χ3v) is 7.29. The van der Waals surface area contributed by atoms with E-state index in [-0.39, 0.29) is 18.5 Å². The van der Waals surface area contributed by atoms with Crippen LogP contribution in [0.3, 0.4) is 0 Å². The number of aliphatic carboxylic acids is 2. The maximum atomic E-state index is 13.5. The predicted octanol–water partition coefficient (Wildman–Crippen LogP) is 3.43. The molecular formula is C24H32FN3O7. The van der Waals surface area contributed by atoms with Crippen molar-refractivity contribution in [1.29, 1.82) is 0 Å². The lowest BCUT2D eigenvalue weighted by Gasteiger charge is -2.48. The van der Waals surface area contributed by atoms with Gasteiger partial charge in [-0.2, -0.15) is 0 Å². The molecule has 2 fully saturated rings. The van der Waals surface area contributed by atoms with Crippen molar-refractivity contribution in [2.45, 2.75) is 64.6 Å². The highest BCUT2D eigenvalue weighted by Gasteiger charge is 2.84. The molecule has 35 heavy (non-hydrogen) atoms. The van der Waals surface area contributed by atoms with E-state index >= 15 is 0 Å². The summed E-state index contributed by atoms with van der Waals surface area (Å²) in [6.45, 7) is 8.35. The summed E-state index contributed by atoms with van der Waals surface area (Å²) in [5.41, 5.74) is -3.96. The molecule has 11 heteroatoms. The average molecular weight is 494 g/mol. The molecule has 1 aromatic rings. The molecule has 5 atom stereocenters. The number of anilines is 1. The van der Waals surface area contributed by atoms with Crippen molar-refractivity contribution in [2.24, 2.45) is 23.2 Å². The van der Waals surface area contributed by atoms with Crippen LogP contribution in [0.5, 0.6) is 0 Å². The highest BCUT2D eigenvalue weighted by Crippen LogP contribution is 2.71. The first-order chi connectivity index (χ1) is 16.2. The van der Waals surface area contributed by atoms with Crippen molar-refractivity contribution >= 4 is 29.8 Å². The number of carbonyl (C=O) groups excluding carboxylic acids is 2. The summed E-state index contributed by atoms with van der Waals surface area (Å²) in [5.74, 6) is -5.96.